The fourth-order valence-electron chi connectivity index (χ4n) is 2.36. The van der Waals surface area contributed by atoms with E-state index in [0.29, 0.717) is 6.42 Å². The lowest BCUT2D eigenvalue weighted by Crippen LogP contribution is -2.30. The van der Waals surface area contributed by atoms with Gasteiger partial charge in [-0.3, -0.25) is 4.79 Å². The summed E-state index contributed by atoms with van der Waals surface area (Å²) >= 11 is 0. The van der Waals surface area contributed by atoms with Gasteiger partial charge in [-0.05, 0) is 42.5 Å². The average molecular weight is 233 g/mol. The molecule has 92 valence electrons. The van der Waals surface area contributed by atoms with Crippen LogP contribution < -0.4 is 10.1 Å². The summed E-state index contributed by atoms with van der Waals surface area (Å²) in [6.45, 7) is 1.88. The molecule has 0 unspecified atom stereocenters. The largest absolute Gasteiger partial charge is 0.497 e. The number of hydrogen-bond acceptors (Lipinski definition) is 2. The molecule has 1 atom stereocenters. The molecule has 1 aromatic carbocycles. The summed E-state index contributed by atoms with van der Waals surface area (Å²) in [6.07, 6.45) is 3.77. The molecule has 1 N–H and O–H groups in total. The molecule has 0 saturated heterocycles. The highest BCUT2D eigenvalue weighted by Gasteiger charge is 2.21. The summed E-state index contributed by atoms with van der Waals surface area (Å²) in [5, 5.41) is 3.08. The van der Waals surface area contributed by atoms with E-state index in [1.54, 1.807) is 7.11 Å². The van der Waals surface area contributed by atoms with Gasteiger partial charge in [0.05, 0.1) is 13.2 Å². The smallest absolute Gasteiger partial charge is 0.220 e. The van der Waals surface area contributed by atoms with Crippen LogP contribution in [0.3, 0.4) is 0 Å². The van der Waals surface area contributed by atoms with Crippen molar-refractivity contribution in [1.29, 1.82) is 0 Å². The fourth-order valence-corrected chi connectivity index (χ4v) is 2.36. The van der Waals surface area contributed by atoms with Gasteiger partial charge in [0.25, 0.3) is 0 Å². The number of carbonyl (C=O) groups excluding carboxylic acids is 1. The van der Waals surface area contributed by atoms with E-state index in [1.165, 1.54) is 11.1 Å². The molecule has 1 aliphatic rings. The normalized spacial score (nSPS) is 18.4. The molecule has 3 nitrogen and oxygen atoms in total. The Morgan fingerprint density at radius 1 is 1.53 bits per heavy atom. The third kappa shape index (κ3) is 2.60. The quantitative estimate of drug-likeness (QED) is 0.871. The number of hydrogen-bond donors (Lipinski definition) is 1. The van der Waals surface area contributed by atoms with Crippen LogP contribution in [0.4, 0.5) is 0 Å². The van der Waals surface area contributed by atoms with Gasteiger partial charge in [-0.2, -0.15) is 0 Å². The molecule has 0 radical (unpaired) electrons. The van der Waals surface area contributed by atoms with Crippen LogP contribution in [0.2, 0.25) is 0 Å². The summed E-state index contributed by atoms with van der Waals surface area (Å²) in [5.41, 5.74) is 2.55. The molecule has 1 aliphatic carbocycles. The standard InChI is InChI=1S/C14H19NO2/c1-3-14(16)15-13-6-4-5-10-9-11(17-2)7-8-12(10)13/h7-9,13H,3-6H2,1-2H3,(H,15,16)/t13-/m0/s1. The first kappa shape index (κ1) is 12.0. The fraction of sp³-hybridized carbons (Fsp3) is 0.500. The van der Waals surface area contributed by atoms with Gasteiger partial charge in [0, 0.05) is 6.42 Å². The first-order chi connectivity index (χ1) is 8.24. The Labute approximate surface area is 102 Å². The van der Waals surface area contributed by atoms with Crippen LogP contribution in [-0.4, -0.2) is 13.0 Å². The average Bonchev–Trinajstić information content (AvgIpc) is 2.38. The van der Waals surface area contributed by atoms with Gasteiger partial charge in [-0.25, -0.2) is 0 Å². The van der Waals surface area contributed by atoms with Crippen molar-refractivity contribution >= 4 is 5.91 Å². The van der Waals surface area contributed by atoms with Crippen molar-refractivity contribution < 1.29 is 9.53 Å². The Kier molecular flexibility index (Phi) is 3.67. The topological polar surface area (TPSA) is 38.3 Å². The van der Waals surface area contributed by atoms with E-state index >= 15 is 0 Å². The van der Waals surface area contributed by atoms with E-state index in [-0.39, 0.29) is 11.9 Å². The van der Waals surface area contributed by atoms with Crippen LogP contribution in [0.1, 0.15) is 43.4 Å². The van der Waals surface area contributed by atoms with Crippen LogP contribution in [0, 0.1) is 0 Å². The molecule has 1 aromatic rings. The van der Waals surface area contributed by atoms with Gasteiger partial charge >= 0.3 is 0 Å². The van der Waals surface area contributed by atoms with Gasteiger partial charge in [-0.1, -0.05) is 13.0 Å². The van der Waals surface area contributed by atoms with Crippen molar-refractivity contribution in [2.24, 2.45) is 0 Å². The maximum atomic E-state index is 11.5. The van der Waals surface area contributed by atoms with Crippen molar-refractivity contribution in [3.8, 4) is 5.75 Å². The van der Waals surface area contributed by atoms with E-state index in [4.69, 9.17) is 4.74 Å². The number of carbonyl (C=O) groups is 1. The van der Waals surface area contributed by atoms with Gasteiger partial charge in [0.2, 0.25) is 5.91 Å². The Balaban J connectivity index is 2.22. The SMILES string of the molecule is CCC(=O)N[C@H]1CCCc2cc(OC)ccc21. The minimum atomic E-state index is 0.124. The number of fused-ring (bicyclic) bond motifs is 1. The van der Waals surface area contributed by atoms with Crippen molar-refractivity contribution in [1.82, 2.24) is 5.32 Å². The Morgan fingerprint density at radius 3 is 3.06 bits per heavy atom. The van der Waals surface area contributed by atoms with Crippen LogP contribution >= 0.6 is 0 Å². The van der Waals surface area contributed by atoms with E-state index < -0.39 is 0 Å². The molecule has 1 amide bonds. The van der Waals surface area contributed by atoms with Crippen LogP contribution in [0.5, 0.6) is 5.75 Å². The van der Waals surface area contributed by atoms with Crippen LogP contribution in [0.15, 0.2) is 18.2 Å². The van der Waals surface area contributed by atoms with Crippen LogP contribution in [0.25, 0.3) is 0 Å². The molecular weight excluding hydrogens is 214 g/mol. The van der Waals surface area contributed by atoms with Crippen molar-refractivity contribution in [3.63, 3.8) is 0 Å². The second kappa shape index (κ2) is 5.21. The Bertz CT molecular complexity index is 415. The van der Waals surface area contributed by atoms with Crippen molar-refractivity contribution in [2.75, 3.05) is 7.11 Å². The number of ether oxygens (including phenoxy) is 1. The first-order valence-corrected chi connectivity index (χ1v) is 6.20. The summed E-state index contributed by atoms with van der Waals surface area (Å²) in [6, 6.07) is 6.31. The van der Waals surface area contributed by atoms with Crippen LogP contribution in [-0.2, 0) is 11.2 Å². The van der Waals surface area contributed by atoms with Gasteiger partial charge in [0.15, 0.2) is 0 Å². The lowest BCUT2D eigenvalue weighted by Gasteiger charge is -2.26. The third-order valence-electron chi connectivity index (χ3n) is 3.32. The molecule has 0 bridgehead atoms. The summed E-state index contributed by atoms with van der Waals surface area (Å²) < 4.78 is 5.23. The predicted molar refractivity (Wildman–Crippen MR) is 67.1 cm³/mol. The monoisotopic (exact) mass is 233 g/mol. The highest BCUT2D eigenvalue weighted by Crippen LogP contribution is 2.32. The summed E-state index contributed by atoms with van der Waals surface area (Å²) in [5.74, 6) is 1.02. The number of aryl methyl sites for hydroxylation is 1. The molecular formula is C14H19NO2. The predicted octanol–water partition coefficient (Wildman–Crippen LogP) is 2.60. The second-order valence-electron chi connectivity index (χ2n) is 4.43. The Morgan fingerprint density at radius 2 is 2.35 bits per heavy atom. The lowest BCUT2D eigenvalue weighted by molar-refractivity contribution is -0.121. The third-order valence-corrected chi connectivity index (χ3v) is 3.32. The summed E-state index contributed by atoms with van der Waals surface area (Å²) in [4.78, 5) is 11.5. The molecule has 17 heavy (non-hydrogen) atoms. The molecule has 0 aliphatic heterocycles. The molecule has 0 spiro atoms. The zero-order valence-electron chi connectivity index (χ0n) is 10.5. The molecule has 2 rings (SSSR count). The number of nitrogens with one attached hydrogen (secondary N) is 1. The maximum absolute atomic E-state index is 11.5. The lowest BCUT2D eigenvalue weighted by atomic mass is 9.87. The minimum absolute atomic E-state index is 0.124. The molecule has 0 aromatic heterocycles. The number of amides is 1. The molecule has 0 fully saturated rings. The van der Waals surface area contributed by atoms with E-state index in [2.05, 4.69) is 17.4 Å². The number of benzene rings is 1. The molecule has 0 heterocycles. The Hall–Kier alpha value is -1.51. The van der Waals surface area contributed by atoms with E-state index in [1.807, 2.05) is 13.0 Å². The molecule has 0 saturated carbocycles. The van der Waals surface area contributed by atoms with Gasteiger partial charge < -0.3 is 10.1 Å². The van der Waals surface area contributed by atoms with E-state index in [9.17, 15) is 4.79 Å². The zero-order valence-corrected chi connectivity index (χ0v) is 10.5. The highest BCUT2D eigenvalue weighted by atomic mass is 16.5. The minimum Gasteiger partial charge on any atom is -0.497 e. The van der Waals surface area contributed by atoms with Crippen molar-refractivity contribution in [2.45, 2.75) is 38.6 Å². The van der Waals surface area contributed by atoms with Gasteiger partial charge in [0.1, 0.15) is 5.75 Å². The first-order valence-electron chi connectivity index (χ1n) is 6.20. The number of rotatable bonds is 3. The highest BCUT2D eigenvalue weighted by molar-refractivity contribution is 5.76. The zero-order chi connectivity index (χ0) is 12.3. The second-order valence-corrected chi connectivity index (χ2v) is 4.43. The van der Waals surface area contributed by atoms with E-state index in [0.717, 1.165) is 25.0 Å². The number of methoxy groups -OCH3 is 1. The summed E-state index contributed by atoms with van der Waals surface area (Å²) in [7, 11) is 1.68. The maximum Gasteiger partial charge on any atom is 0.220 e. The van der Waals surface area contributed by atoms with Gasteiger partial charge in [-0.15, -0.1) is 0 Å². The molecule has 3 heteroatoms. The van der Waals surface area contributed by atoms with Crippen molar-refractivity contribution in [3.05, 3.63) is 29.3 Å².